The van der Waals surface area contributed by atoms with Crippen LogP contribution in [0.4, 0.5) is 0 Å². The van der Waals surface area contributed by atoms with Gasteiger partial charge in [-0.2, -0.15) is 0 Å². The Labute approximate surface area is 139 Å². The Balaban J connectivity index is 2.54. The number of hydrogen-bond donors (Lipinski definition) is 1. The van der Waals surface area contributed by atoms with Crippen LogP contribution in [0, 0.1) is 13.8 Å². The van der Waals surface area contributed by atoms with Gasteiger partial charge in [-0.3, -0.25) is 0 Å². The summed E-state index contributed by atoms with van der Waals surface area (Å²) in [5.74, 6) is -0.889. The van der Waals surface area contributed by atoms with Crippen LogP contribution in [0.3, 0.4) is 0 Å². The number of pyridine rings is 1. The average molecular weight is 391 g/mol. The fraction of sp³-hybridized carbons (Fsp3) is 0.143. The van der Waals surface area contributed by atoms with E-state index in [1.807, 2.05) is 0 Å². The number of carboxylic acids is 1. The van der Waals surface area contributed by atoms with Crippen molar-refractivity contribution in [2.45, 2.75) is 13.8 Å². The topological polar surface area (TPSA) is 59.4 Å². The van der Waals surface area contributed by atoms with Gasteiger partial charge in [0.25, 0.3) is 0 Å². The summed E-state index contributed by atoms with van der Waals surface area (Å²) in [5, 5.41) is 9.99. The van der Waals surface area contributed by atoms with Crippen molar-refractivity contribution in [3.63, 3.8) is 0 Å². The molecule has 1 aromatic heterocycles. The molecule has 0 amide bonds. The lowest BCUT2D eigenvalue weighted by atomic mass is 10.1. The van der Waals surface area contributed by atoms with Crippen LogP contribution in [0.15, 0.2) is 22.7 Å². The Hall–Kier alpha value is -1.30. The molecule has 0 fully saturated rings. The molecule has 0 bridgehead atoms. The van der Waals surface area contributed by atoms with E-state index in [9.17, 15) is 9.90 Å². The lowest BCUT2D eigenvalue weighted by molar-refractivity contribution is 0.0692. The summed E-state index contributed by atoms with van der Waals surface area (Å²) in [7, 11) is 0. The second-order valence-corrected chi connectivity index (χ2v) is 6.03. The van der Waals surface area contributed by atoms with Crippen molar-refractivity contribution in [3.05, 3.63) is 49.5 Å². The molecule has 0 aliphatic carbocycles. The van der Waals surface area contributed by atoms with Crippen LogP contribution in [0.5, 0.6) is 11.6 Å². The predicted molar refractivity (Wildman–Crippen MR) is 84.9 cm³/mol. The molecule has 0 saturated carbocycles. The highest BCUT2D eigenvalue weighted by molar-refractivity contribution is 9.10. The van der Waals surface area contributed by atoms with Gasteiger partial charge in [-0.1, -0.05) is 23.2 Å². The van der Waals surface area contributed by atoms with Gasteiger partial charge in [0.2, 0.25) is 5.88 Å². The quantitative estimate of drug-likeness (QED) is 0.726. The molecule has 1 heterocycles. The zero-order chi connectivity index (χ0) is 15.7. The molecule has 110 valence electrons. The Kier molecular flexibility index (Phi) is 4.76. The zero-order valence-corrected chi connectivity index (χ0v) is 14.2. The van der Waals surface area contributed by atoms with Crippen molar-refractivity contribution in [2.24, 2.45) is 0 Å². The van der Waals surface area contributed by atoms with Gasteiger partial charge in [0, 0.05) is 16.2 Å². The maximum atomic E-state index is 11.4. The van der Waals surface area contributed by atoms with E-state index in [1.54, 1.807) is 26.0 Å². The first-order chi connectivity index (χ1) is 9.79. The Morgan fingerprint density at radius 1 is 1.24 bits per heavy atom. The molecular weight excluding hydrogens is 381 g/mol. The summed E-state index contributed by atoms with van der Waals surface area (Å²) in [4.78, 5) is 15.5. The number of rotatable bonds is 3. The number of nitrogens with zero attached hydrogens (tertiary/aromatic N) is 1. The molecule has 0 spiro atoms. The molecule has 2 aromatic rings. The lowest BCUT2D eigenvalue weighted by Gasteiger charge is -2.12. The molecule has 7 heteroatoms. The number of carboxylic acid groups (broad SMARTS) is 1. The van der Waals surface area contributed by atoms with Crippen LogP contribution in [0.25, 0.3) is 0 Å². The summed E-state index contributed by atoms with van der Waals surface area (Å²) in [6.07, 6.45) is 0. The number of halogens is 3. The van der Waals surface area contributed by atoms with Gasteiger partial charge < -0.3 is 9.84 Å². The minimum absolute atomic E-state index is 0.00397. The third-order valence-corrected chi connectivity index (χ3v) is 4.20. The van der Waals surface area contributed by atoms with E-state index in [1.165, 1.54) is 6.07 Å². The first-order valence-corrected chi connectivity index (χ1v) is 7.38. The highest BCUT2D eigenvalue weighted by Crippen LogP contribution is 2.37. The van der Waals surface area contributed by atoms with Crippen molar-refractivity contribution in [1.29, 1.82) is 0 Å². The predicted octanol–water partition coefficient (Wildman–Crippen LogP) is 5.26. The Morgan fingerprint density at radius 2 is 1.90 bits per heavy atom. The van der Waals surface area contributed by atoms with Gasteiger partial charge in [0.15, 0.2) is 0 Å². The van der Waals surface area contributed by atoms with E-state index in [-0.39, 0.29) is 17.2 Å². The van der Waals surface area contributed by atoms with Crippen molar-refractivity contribution in [3.8, 4) is 11.6 Å². The van der Waals surface area contributed by atoms with E-state index in [0.717, 1.165) is 0 Å². The summed E-state index contributed by atoms with van der Waals surface area (Å²) < 4.78 is 6.19. The van der Waals surface area contributed by atoms with E-state index in [0.29, 0.717) is 25.8 Å². The molecule has 1 N–H and O–H groups in total. The number of aromatic carboxylic acids is 1. The van der Waals surface area contributed by atoms with Crippen molar-refractivity contribution in [2.75, 3.05) is 0 Å². The number of benzene rings is 1. The molecule has 1 aromatic carbocycles. The van der Waals surface area contributed by atoms with Crippen LogP contribution in [-0.4, -0.2) is 16.1 Å². The summed E-state index contributed by atoms with van der Waals surface area (Å²) in [5.41, 5.74) is 1.20. The zero-order valence-electron chi connectivity index (χ0n) is 11.1. The monoisotopic (exact) mass is 389 g/mol. The van der Waals surface area contributed by atoms with Crippen molar-refractivity contribution >= 4 is 45.1 Å². The Bertz CT molecular complexity index is 735. The molecule has 21 heavy (non-hydrogen) atoms. The van der Waals surface area contributed by atoms with E-state index >= 15 is 0 Å². The first-order valence-electron chi connectivity index (χ1n) is 5.83. The molecule has 0 saturated heterocycles. The van der Waals surface area contributed by atoms with Crippen LogP contribution in [-0.2, 0) is 0 Å². The van der Waals surface area contributed by atoms with Gasteiger partial charge in [0.05, 0.1) is 10.0 Å². The van der Waals surface area contributed by atoms with Gasteiger partial charge in [-0.15, -0.1) is 0 Å². The van der Waals surface area contributed by atoms with E-state index in [4.69, 9.17) is 27.9 Å². The van der Waals surface area contributed by atoms with Crippen molar-refractivity contribution < 1.29 is 14.6 Å². The standard InChI is InChI=1S/C14H10BrCl2NO3/c1-6-3-7(2)18-13(12(6)14(19)20)21-11-5-9(16)8(15)4-10(11)17/h3-5H,1-2H3,(H,19,20). The van der Waals surface area contributed by atoms with Crippen LogP contribution in [0.1, 0.15) is 21.6 Å². The molecule has 0 radical (unpaired) electrons. The third-order valence-electron chi connectivity index (χ3n) is 2.71. The van der Waals surface area contributed by atoms with Gasteiger partial charge in [-0.25, -0.2) is 9.78 Å². The SMILES string of the molecule is Cc1cc(C)c(C(=O)O)c(Oc2cc(Cl)c(Br)cc2Cl)n1. The number of aromatic nitrogens is 1. The van der Waals surface area contributed by atoms with Crippen LogP contribution < -0.4 is 4.74 Å². The second-order valence-electron chi connectivity index (χ2n) is 4.36. The molecular formula is C14H10BrCl2NO3. The molecule has 4 nitrogen and oxygen atoms in total. The lowest BCUT2D eigenvalue weighted by Crippen LogP contribution is -2.06. The van der Waals surface area contributed by atoms with Crippen molar-refractivity contribution in [1.82, 2.24) is 4.98 Å². The highest BCUT2D eigenvalue weighted by atomic mass is 79.9. The number of hydrogen-bond acceptors (Lipinski definition) is 3. The summed E-state index contributed by atoms with van der Waals surface area (Å²) in [6, 6.07) is 4.74. The molecule has 2 rings (SSSR count). The van der Waals surface area contributed by atoms with E-state index < -0.39 is 5.97 Å². The van der Waals surface area contributed by atoms with Gasteiger partial charge >= 0.3 is 5.97 Å². The highest BCUT2D eigenvalue weighted by Gasteiger charge is 2.19. The minimum Gasteiger partial charge on any atom is -0.477 e. The fourth-order valence-corrected chi connectivity index (χ4v) is 2.65. The first kappa shape index (κ1) is 16.1. The van der Waals surface area contributed by atoms with Crippen LogP contribution >= 0.6 is 39.1 Å². The maximum Gasteiger partial charge on any atom is 0.341 e. The summed E-state index contributed by atoms with van der Waals surface area (Å²) in [6.45, 7) is 3.43. The second kappa shape index (κ2) is 6.22. The maximum absolute atomic E-state index is 11.4. The summed E-state index contributed by atoms with van der Waals surface area (Å²) >= 11 is 15.3. The fourth-order valence-electron chi connectivity index (χ4n) is 1.82. The smallest absolute Gasteiger partial charge is 0.341 e. The van der Waals surface area contributed by atoms with Gasteiger partial charge in [0.1, 0.15) is 11.3 Å². The van der Waals surface area contributed by atoms with Crippen LogP contribution in [0.2, 0.25) is 10.0 Å². The minimum atomic E-state index is -1.12. The molecule has 0 unspecified atom stereocenters. The Morgan fingerprint density at radius 3 is 2.52 bits per heavy atom. The molecule has 0 aliphatic heterocycles. The third kappa shape index (κ3) is 3.48. The van der Waals surface area contributed by atoms with E-state index in [2.05, 4.69) is 20.9 Å². The number of aryl methyl sites for hydroxylation is 2. The largest absolute Gasteiger partial charge is 0.477 e. The molecule has 0 aliphatic rings. The van der Waals surface area contributed by atoms with Gasteiger partial charge in [-0.05, 0) is 47.5 Å². The number of carbonyl (C=O) groups is 1. The normalized spacial score (nSPS) is 10.5. The average Bonchev–Trinajstić information content (AvgIpc) is 2.34. The molecule has 0 atom stereocenters. The number of ether oxygens (including phenoxy) is 1.